The van der Waals surface area contributed by atoms with Crippen molar-refractivity contribution in [3.63, 3.8) is 0 Å². The number of hydrogen-bond donors (Lipinski definition) is 2. The van der Waals surface area contributed by atoms with E-state index in [1.54, 1.807) is 20.8 Å². The van der Waals surface area contributed by atoms with Gasteiger partial charge in [0.15, 0.2) is 23.2 Å². The van der Waals surface area contributed by atoms with Crippen LogP contribution in [-0.4, -0.2) is 27.5 Å². The van der Waals surface area contributed by atoms with Crippen LogP contribution in [0.25, 0.3) is 10.9 Å². The molecule has 3 rings (SSSR count). The van der Waals surface area contributed by atoms with Crippen LogP contribution in [0.3, 0.4) is 0 Å². The molecule has 2 N–H and O–H groups in total. The molecule has 0 saturated carbocycles. The third-order valence-corrected chi connectivity index (χ3v) is 4.56. The van der Waals surface area contributed by atoms with E-state index < -0.39 is 29.1 Å². The van der Waals surface area contributed by atoms with Crippen LogP contribution in [0.5, 0.6) is 5.75 Å². The molecule has 0 aliphatic carbocycles. The summed E-state index contributed by atoms with van der Waals surface area (Å²) in [6, 6.07) is 4.71. The van der Waals surface area contributed by atoms with Gasteiger partial charge in [-0.2, -0.15) is 0 Å². The van der Waals surface area contributed by atoms with Crippen LogP contribution in [0.1, 0.15) is 35.5 Å². The highest BCUT2D eigenvalue weighted by molar-refractivity contribution is 6.05. The Labute approximate surface area is 164 Å². The monoisotopic (exact) mass is 404 g/mol. The third kappa shape index (κ3) is 3.83. The molecule has 0 unspecified atom stereocenters. The third-order valence-electron chi connectivity index (χ3n) is 4.56. The number of carbonyl (C=O) groups is 2. The number of aromatic nitrogens is 1. The molecule has 0 bridgehead atoms. The summed E-state index contributed by atoms with van der Waals surface area (Å²) in [4.78, 5) is 25.3. The van der Waals surface area contributed by atoms with Gasteiger partial charge >= 0.3 is 0 Å². The van der Waals surface area contributed by atoms with Gasteiger partial charge < -0.3 is 10.4 Å². The van der Waals surface area contributed by atoms with E-state index in [1.165, 1.54) is 0 Å². The number of fused-ring (bicyclic) bond motifs is 1. The van der Waals surface area contributed by atoms with Crippen molar-refractivity contribution in [3.05, 3.63) is 64.6 Å². The lowest BCUT2D eigenvalue weighted by molar-refractivity contribution is -0.120. The molecule has 0 aliphatic heterocycles. The van der Waals surface area contributed by atoms with E-state index in [9.17, 15) is 27.9 Å². The van der Waals surface area contributed by atoms with E-state index in [4.69, 9.17) is 0 Å². The molecule has 0 fully saturated rings. The fraction of sp³-hybridized carbons (Fsp3) is 0.238. The van der Waals surface area contributed by atoms with Crippen LogP contribution in [0.2, 0.25) is 0 Å². The van der Waals surface area contributed by atoms with Gasteiger partial charge in [-0.1, -0.05) is 0 Å². The number of nitrogens with zero attached hydrogens (tertiary/aromatic N) is 1. The number of rotatable bonds is 4. The second-order valence-electron chi connectivity index (χ2n) is 7.05. The minimum atomic E-state index is -1.19. The Hall–Kier alpha value is -3.29. The Kier molecular flexibility index (Phi) is 5.37. The molecule has 5 nitrogen and oxygen atoms in total. The van der Waals surface area contributed by atoms with Crippen molar-refractivity contribution >= 4 is 22.7 Å². The molecule has 1 aromatic heterocycles. The van der Waals surface area contributed by atoms with Gasteiger partial charge in [0.25, 0.3) is 5.91 Å². The second kappa shape index (κ2) is 7.62. The summed E-state index contributed by atoms with van der Waals surface area (Å²) in [7, 11) is 0. The van der Waals surface area contributed by atoms with E-state index in [1.807, 2.05) is 0 Å². The summed E-state index contributed by atoms with van der Waals surface area (Å²) < 4.78 is 42.0. The first-order chi connectivity index (χ1) is 13.6. The quantitative estimate of drug-likeness (QED) is 0.694. The Morgan fingerprint density at radius 1 is 1.07 bits per heavy atom. The molecule has 2 aromatic carbocycles. The minimum absolute atomic E-state index is 0.106. The summed E-state index contributed by atoms with van der Waals surface area (Å²) in [5, 5.41) is 12.8. The summed E-state index contributed by atoms with van der Waals surface area (Å²) >= 11 is 0. The largest absolute Gasteiger partial charge is 0.505 e. The highest BCUT2D eigenvalue weighted by Gasteiger charge is 2.24. The molecular weight excluding hydrogens is 385 g/mol. The van der Waals surface area contributed by atoms with Crippen molar-refractivity contribution in [2.24, 2.45) is 0 Å². The molecule has 1 amide bonds. The topological polar surface area (TPSA) is 71.3 Å². The van der Waals surface area contributed by atoms with Gasteiger partial charge in [-0.15, -0.1) is 0 Å². The second-order valence-corrected chi connectivity index (χ2v) is 7.05. The summed E-state index contributed by atoms with van der Waals surface area (Å²) in [6.45, 7) is 5.15. The Balaban J connectivity index is 2.19. The molecule has 29 heavy (non-hydrogen) atoms. The predicted molar refractivity (Wildman–Crippen MR) is 101 cm³/mol. The first kappa shape index (κ1) is 20.4. The highest BCUT2D eigenvalue weighted by atomic mass is 19.2. The summed E-state index contributed by atoms with van der Waals surface area (Å²) in [6.07, 6.45) is -0.107. The van der Waals surface area contributed by atoms with Crippen LogP contribution >= 0.6 is 0 Å². The van der Waals surface area contributed by atoms with Crippen LogP contribution in [0.15, 0.2) is 30.3 Å². The molecule has 1 heterocycles. The van der Waals surface area contributed by atoms with Crippen LogP contribution < -0.4 is 5.32 Å². The number of halogens is 3. The maximum absolute atomic E-state index is 14.0. The Bertz CT molecular complexity index is 1140. The average Bonchev–Trinajstić information content (AvgIpc) is 2.88. The molecule has 3 aromatic rings. The first-order valence-electron chi connectivity index (χ1n) is 8.91. The van der Waals surface area contributed by atoms with E-state index >= 15 is 0 Å². The zero-order valence-electron chi connectivity index (χ0n) is 16.0. The molecule has 0 aliphatic rings. The molecule has 0 spiro atoms. The molecular formula is C21H19F3N2O3. The van der Waals surface area contributed by atoms with Crippen LogP contribution in [-0.2, 0) is 11.2 Å². The highest BCUT2D eigenvalue weighted by Crippen LogP contribution is 2.32. The lowest BCUT2D eigenvalue weighted by Crippen LogP contribution is -2.31. The van der Waals surface area contributed by atoms with Gasteiger partial charge in [0.2, 0.25) is 5.91 Å². The Morgan fingerprint density at radius 3 is 2.38 bits per heavy atom. The van der Waals surface area contributed by atoms with E-state index in [0.29, 0.717) is 16.6 Å². The van der Waals surface area contributed by atoms with Gasteiger partial charge in [-0.3, -0.25) is 14.2 Å². The molecule has 0 atom stereocenters. The molecule has 152 valence electrons. The van der Waals surface area contributed by atoms with E-state index in [-0.39, 0.29) is 29.4 Å². The van der Waals surface area contributed by atoms with Crippen LogP contribution in [0.4, 0.5) is 13.2 Å². The maximum atomic E-state index is 14.0. The van der Waals surface area contributed by atoms with E-state index in [0.717, 1.165) is 34.9 Å². The zero-order valence-corrected chi connectivity index (χ0v) is 16.0. The van der Waals surface area contributed by atoms with Gasteiger partial charge in [0.05, 0.1) is 11.9 Å². The van der Waals surface area contributed by atoms with Crippen molar-refractivity contribution in [2.45, 2.75) is 33.2 Å². The van der Waals surface area contributed by atoms with Crippen LogP contribution in [0, 0.1) is 24.4 Å². The number of carbonyl (C=O) groups excluding carboxylic acids is 2. The number of phenols is 1. The average molecular weight is 404 g/mol. The number of amides is 1. The lowest BCUT2D eigenvalue weighted by Gasteiger charge is -2.10. The SMILES string of the molecule is Cc1c(CC(=O)NC(C)C)c2cc(O)c(F)cc2n1C(=O)c1ccc(F)c(F)c1. The maximum Gasteiger partial charge on any atom is 0.262 e. The number of hydrogen-bond acceptors (Lipinski definition) is 3. The van der Waals surface area contributed by atoms with E-state index in [2.05, 4.69) is 5.32 Å². The summed E-state index contributed by atoms with van der Waals surface area (Å²) in [5.74, 6) is -4.89. The van der Waals surface area contributed by atoms with Gasteiger partial charge in [0.1, 0.15) is 0 Å². The first-order valence-corrected chi connectivity index (χ1v) is 8.91. The van der Waals surface area contributed by atoms with Crippen molar-refractivity contribution in [1.29, 1.82) is 0 Å². The lowest BCUT2D eigenvalue weighted by atomic mass is 10.1. The Morgan fingerprint density at radius 2 is 1.76 bits per heavy atom. The van der Waals surface area contributed by atoms with Crippen molar-refractivity contribution in [1.82, 2.24) is 9.88 Å². The van der Waals surface area contributed by atoms with Crippen molar-refractivity contribution < 1.29 is 27.9 Å². The predicted octanol–water partition coefficient (Wildman–Crippen LogP) is 3.83. The molecule has 8 heteroatoms. The number of aromatic hydroxyl groups is 1. The van der Waals surface area contributed by atoms with Crippen molar-refractivity contribution in [2.75, 3.05) is 0 Å². The fourth-order valence-corrected chi connectivity index (χ4v) is 3.27. The van der Waals surface area contributed by atoms with Crippen molar-refractivity contribution in [3.8, 4) is 5.75 Å². The zero-order chi connectivity index (χ0) is 21.5. The van der Waals surface area contributed by atoms with Gasteiger partial charge in [-0.25, -0.2) is 13.2 Å². The fourth-order valence-electron chi connectivity index (χ4n) is 3.27. The number of phenolic OH excluding ortho intramolecular Hbond substituents is 1. The van der Waals surface area contributed by atoms with Gasteiger partial charge in [0, 0.05) is 28.8 Å². The van der Waals surface area contributed by atoms with Gasteiger partial charge in [-0.05, 0) is 50.6 Å². The normalized spacial score (nSPS) is 11.3. The standard InChI is InChI=1S/C21H19F3N2O3/c1-10(2)25-20(28)8-13-11(3)26(18-9-17(24)19(27)7-14(13)18)21(29)12-4-5-15(22)16(23)6-12/h4-7,9-10,27H,8H2,1-3H3,(H,25,28). The minimum Gasteiger partial charge on any atom is -0.505 e. The number of benzene rings is 2. The number of nitrogens with one attached hydrogen (secondary N) is 1. The molecule has 0 saturated heterocycles. The molecule has 0 radical (unpaired) electrons. The smallest absolute Gasteiger partial charge is 0.262 e. The summed E-state index contributed by atoms with van der Waals surface area (Å²) in [5.41, 5.74) is 0.721.